The van der Waals surface area contributed by atoms with Crippen LogP contribution in [0.25, 0.3) is 0 Å². The monoisotopic (exact) mass is 442 g/mol. The molecule has 1 saturated carbocycles. The number of nitrogens with one attached hydrogen (secondary N) is 1. The summed E-state index contributed by atoms with van der Waals surface area (Å²) in [6.45, 7) is 2.55. The Kier molecular flexibility index (Phi) is 5.92. The van der Waals surface area contributed by atoms with Crippen LogP contribution in [0.4, 0.5) is 0 Å². The van der Waals surface area contributed by atoms with Crippen molar-refractivity contribution < 1.29 is 8.42 Å². The molecule has 4 unspecified atom stereocenters. The largest absolute Gasteiger partial charge is 0.298 e. The Balaban J connectivity index is 1.25. The molecular formula is C24H34N4O2S. The third kappa shape index (κ3) is 4.32. The van der Waals surface area contributed by atoms with Gasteiger partial charge in [0.15, 0.2) is 0 Å². The lowest BCUT2D eigenvalue weighted by Gasteiger charge is -2.50. The average molecular weight is 443 g/mol. The third-order valence-corrected chi connectivity index (χ3v) is 9.22. The summed E-state index contributed by atoms with van der Waals surface area (Å²) in [7, 11) is -1.35. The second kappa shape index (κ2) is 8.68. The van der Waals surface area contributed by atoms with E-state index in [1.165, 1.54) is 49.9 Å². The summed E-state index contributed by atoms with van der Waals surface area (Å²) in [4.78, 5) is 2.83. The fourth-order valence-electron chi connectivity index (χ4n) is 6.02. The normalized spacial score (nSPS) is 29.3. The topological polar surface area (TPSA) is 67.2 Å². The van der Waals surface area contributed by atoms with Gasteiger partial charge in [0.2, 0.25) is 10.0 Å². The van der Waals surface area contributed by atoms with Gasteiger partial charge in [-0.25, -0.2) is 13.1 Å². The van der Waals surface area contributed by atoms with Crippen LogP contribution in [-0.2, 0) is 17.1 Å². The highest BCUT2D eigenvalue weighted by atomic mass is 32.2. The summed E-state index contributed by atoms with van der Waals surface area (Å²) in [5.41, 5.74) is 2.67. The van der Waals surface area contributed by atoms with Crippen LogP contribution in [0.2, 0.25) is 0 Å². The van der Waals surface area contributed by atoms with Crippen molar-refractivity contribution in [3.63, 3.8) is 0 Å². The number of hydrogen-bond donors (Lipinski definition) is 1. The molecule has 2 aromatic rings. The zero-order valence-electron chi connectivity index (χ0n) is 18.4. The molecule has 0 amide bonds. The van der Waals surface area contributed by atoms with Crippen LogP contribution in [0, 0.1) is 5.92 Å². The van der Waals surface area contributed by atoms with E-state index in [1.807, 2.05) is 6.07 Å². The number of sulfonamides is 1. The Bertz CT molecular complexity index is 998. The second-order valence-electron chi connectivity index (χ2n) is 9.66. The number of piperidine rings is 3. The predicted octanol–water partition coefficient (Wildman–Crippen LogP) is 3.62. The molecule has 168 valence electrons. The molecule has 2 bridgehead atoms. The molecule has 4 aliphatic rings. The molecule has 3 saturated heterocycles. The van der Waals surface area contributed by atoms with Crippen LogP contribution in [-0.4, -0.2) is 48.8 Å². The molecule has 6 nitrogen and oxygen atoms in total. The van der Waals surface area contributed by atoms with E-state index in [-0.39, 0.29) is 6.04 Å². The molecule has 4 heterocycles. The minimum absolute atomic E-state index is 0.277. The molecule has 0 radical (unpaired) electrons. The Morgan fingerprint density at radius 2 is 1.87 bits per heavy atom. The minimum Gasteiger partial charge on any atom is -0.298 e. The van der Waals surface area contributed by atoms with Gasteiger partial charge in [0.1, 0.15) is 0 Å². The summed E-state index contributed by atoms with van der Waals surface area (Å²) < 4.78 is 30.2. The van der Waals surface area contributed by atoms with E-state index in [9.17, 15) is 8.42 Å². The van der Waals surface area contributed by atoms with Gasteiger partial charge < -0.3 is 0 Å². The number of nitrogens with zero attached hydrogens (tertiary/aromatic N) is 3. The number of benzene rings is 1. The van der Waals surface area contributed by atoms with E-state index in [0.29, 0.717) is 29.2 Å². The third-order valence-electron chi connectivity index (χ3n) is 7.78. The Labute approximate surface area is 186 Å². The van der Waals surface area contributed by atoms with Crippen molar-refractivity contribution in [2.75, 3.05) is 19.6 Å². The van der Waals surface area contributed by atoms with Crippen LogP contribution >= 0.6 is 0 Å². The fraction of sp³-hybridized carbons (Fsp3) is 0.625. The van der Waals surface area contributed by atoms with Gasteiger partial charge in [-0.2, -0.15) is 5.10 Å². The van der Waals surface area contributed by atoms with Gasteiger partial charge in [-0.05, 0) is 56.3 Å². The van der Waals surface area contributed by atoms with Gasteiger partial charge in [-0.1, -0.05) is 37.5 Å². The highest BCUT2D eigenvalue weighted by Gasteiger charge is 2.42. The zero-order chi connectivity index (χ0) is 21.4. The molecule has 31 heavy (non-hydrogen) atoms. The van der Waals surface area contributed by atoms with Gasteiger partial charge in [-0.15, -0.1) is 0 Å². The zero-order valence-corrected chi connectivity index (χ0v) is 19.2. The minimum atomic E-state index is -3.45. The SMILES string of the molecule is Cn1nc(C2CCCCC2)cc1C1CN2CCC1CC2CNS(=O)(=O)c1ccccc1. The molecule has 1 aromatic heterocycles. The van der Waals surface area contributed by atoms with Crippen molar-refractivity contribution in [1.29, 1.82) is 0 Å². The number of hydrogen-bond acceptors (Lipinski definition) is 4. The van der Waals surface area contributed by atoms with Crippen molar-refractivity contribution in [2.24, 2.45) is 13.0 Å². The Morgan fingerprint density at radius 3 is 2.58 bits per heavy atom. The molecule has 1 aromatic carbocycles. The molecule has 0 spiro atoms. The maximum atomic E-state index is 12.6. The molecule has 1 aliphatic carbocycles. The summed E-state index contributed by atoms with van der Waals surface area (Å²) in [5, 5.41) is 4.92. The van der Waals surface area contributed by atoms with Gasteiger partial charge >= 0.3 is 0 Å². The number of aryl methyl sites for hydroxylation is 1. The summed E-state index contributed by atoms with van der Waals surface area (Å²) in [6, 6.07) is 11.3. The first-order valence-corrected chi connectivity index (χ1v) is 13.3. The summed E-state index contributed by atoms with van der Waals surface area (Å²) >= 11 is 0. The van der Waals surface area contributed by atoms with Gasteiger partial charge in [-0.3, -0.25) is 9.58 Å². The smallest absolute Gasteiger partial charge is 0.240 e. The Morgan fingerprint density at radius 1 is 1.10 bits per heavy atom. The van der Waals surface area contributed by atoms with E-state index in [1.54, 1.807) is 24.3 Å². The van der Waals surface area contributed by atoms with Crippen LogP contribution in [0.3, 0.4) is 0 Å². The van der Waals surface area contributed by atoms with E-state index >= 15 is 0 Å². The van der Waals surface area contributed by atoms with Crippen molar-refractivity contribution in [1.82, 2.24) is 19.4 Å². The Hall–Kier alpha value is -1.70. The molecule has 4 fully saturated rings. The average Bonchev–Trinajstić information content (AvgIpc) is 3.21. The first-order chi connectivity index (χ1) is 15.0. The molecule has 6 rings (SSSR count). The van der Waals surface area contributed by atoms with Gasteiger partial charge in [0.05, 0.1) is 10.6 Å². The number of fused-ring (bicyclic) bond motifs is 3. The van der Waals surface area contributed by atoms with Crippen molar-refractivity contribution in [3.05, 3.63) is 47.8 Å². The molecule has 4 atom stereocenters. The molecule has 3 aliphatic heterocycles. The van der Waals surface area contributed by atoms with E-state index in [2.05, 4.69) is 27.4 Å². The van der Waals surface area contributed by atoms with Gasteiger partial charge in [0, 0.05) is 43.7 Å². The first-order valence-electron chi connectivity index (χ1n) is 11.8. The van der Waals surface area contributed by atoms with Crippen molar-refractivity contribution in [3.8, 4) is 0 Å². The maximum absolute atomic E-state index is 12.6. The summed E-state index contributed by atoms with van der Waals surface area (Å²) in [6.07, 6.45) is 8.82. The van der Waals surface area contributed by atoms with Crippen molar-refractivity contribution >= 4 is 10.0 Å². The highest BCUT2D eigenvalue weighted by molar-refractivity contribution is 7.89. The lowest BCUT2D eigenvalue weighted by molar-refractivity contribution is 0.0306. The second-order valence-corrected chi connectivity index (χ2v) is 11.4. The lowest BCUT2D eigenvalue weighted by atomic mass is 9.74. The number of aromatic nitrogens is 2. The molecule has 1 N–H and O–H groups in total. The van der Waals surface area contributed by atoms with E-state index < -0.39 is 10.0 Å². The quantitative estimate of drug-likeness (QED) is 0.742. The van der Waals surface area contributed by atoms with Crippen molar-refractivity contribution in [2.45, 2.75) is 67.7 Å². The standard InChI is InChI=1S/C24H34N4O2S/c1-27-24(15-23(26-27)18-8-4-2-5-9-18)22-17-28-13-12-19(22)14-20(28)16-25-31(29,30)21-10-6-3-7-11-21/h3,6-7,10-11,15,18-20,22,25H,2,4-5,8-9,12-14,16-17H2,1H3. The summed E-state index contributed by atoms with van der Waals surface area (Å²) in [5.74, 6) is 1.74. The van der Waals surface area contributed by atoms with Gasteiger partial charge in [0.25, 0.3) is 0 Å². The molecular weight excluding hydrogens is 408 g/mol. The maximum Gasteiger partial charge on any atom is 0.240 e. The number of rotatable bonds is 6. The highest BCUT2D eigenvalue weighted by Crippen LogP contribution is 2.43. The van der Waals surface area contributed by atoms with E-state index in [4.69, 9.17) is 5.10 Å². The van der Waals surface area contributed by atoms with Crippen LogP contribution < -0.4 is 4.72 Å². The predicted molar refractivity (Wildman–Crippen MR) is 121 cm³/mol. The van der Waals surface area contributed by atoms with Crippen LogP contribution in [0.1, 0.15) is 68.2 Å². The van der Waals surface area contributed by atoms with Crippen LogP contribution in [0.5, 0.6) is 0 Å². The van der Waals surface area contributed by atoms with E-state index in [0.717, 1.165) is 19.5 Å². The first kappa shape index (κ1) is 21.2. The fourth-order valence-corrected chi connectivity index (χ4v) is 7.12. The lowest BCUT2D eigenvalue weighted by Crippen LogP contribution is -2.56. The molecule has 7 heteroatoms. The van der Waals surface area contributed by atoms with Crippen LogP contribution in [0.15, 0.2) is 41.3 Å².